The average Bonchev–Trinajstić information content (AvgIpc) is 2.89. The summed E-state index contributed by atoms with van der Waals surface area (Å²) < 4.78 is 0. The predicted molar refractivity (Wildman–Crippen MR) is 81.7 cm³/mol. The summed E-state index contributed by atoms with van der Waals surface area (Å²) in [7, 11) is 0. The Morgan fingerprint density at radius 1 is 1.00 bits per heavy atom. The van der Waals surface area contributed by atoms with E-state index >= 15 is 0 Å². The number of rotatable bonds is 1. The van der Waals surface area contributed by atoms with Crippen molar-refractivity contribution in [1.82, 2.24) is 5.32 Å². The molecular formula is C17H15N3O2. The average molecular weight is 293 g/mol. The van der Waals surface area contributed by atoms with Crippen molar-refractivity contribution in [1.29, 1.82) is 0 Å². The molecule has 2 aliphatic rings. The van der Waals surface area contributed by atoms with Gasteiger partial charge in [-0.1, -0.05) is 48.5 Å². The van der Waals surface area contributed by atoms with Crippen molar-refractivity contribution in [2.45, 2.75) is 18.0 Å². The van der Waals surface area contributed by atoms with Gasteiger partial charge >= 0.3 is 0 Å². The maximum absolute atomic E-state index is 12.7. The summed E-state index contributed by atoms with van der Waals surface area (Å²) in [5.74, 6) is 5.31. The molecule has 2 aliphatic heterocycles. The van der Waals surface area contributed by atoms with E-state index in [1.165, 1.54) is 5.01 Å². The van der Waals surface area contributed by atoms with Crippen LogP contribution in [0.4, 0.5) is 5.69 Å². The van der Waals surface area contributed by atoms with Crippen LogP contribution in [0.25, 0.3) is 0 Å². The monoisotopic (exact) mass is 293 g/mol. The number of carbonyl (C=O) groups is 2. The van der Waals surface area contributed by atoms with Crippen molar-refractivity contribution >= 4 is 17.4 Å². The molecule has 0 aliphatic carbocycles. The fourth-order valence-corrected chi connectivity index (χ4v) is 3.82. The molecule has 1 fully saturated rings. The molecule has 0 spiro atoms. The molecule has 0 unspecified atom stereocenters. The zero-order valence-electron chi connectivity index (χ0n) is 12.0. The Morgan fingerprint density at radius 2 is 1.64 bits per heavy atom. The molecule has 2 heterocycles. The Balaban J connectivity index is 2.09. The van der Waals surface area contributed by atoms with E-state index in [0.29, 0.717) is 0 Å². The Kier molecular flexibility index (Phi) is 2.34. The second-order valence-corrected chi connectivity index (χ2v) is 5.87. The highest BCUT2D eigenvalue weighted by Crippen LogP contribution is 2.56. The van der Waals surface area contributed by atoms with Gasteiger partial charge in [-0.15, -0.1) is 0 Å². The fraction of sp³-hybridized carbons (Fsp3) is 0.176. The summed E-state index contributed by atoms with van der Waals surface area (Å²) in [5.41, 5.74) is 0.158. The van der Waals surface area contributed by atoms with Gasteiger partial charge in [0.15, 0.2) is 5.66 Å². The normalized spacial score (nSPS) is 29.3. The number of para-hydroxylation sites is 1. The molecule has 4 rings (SSSR count). The third kappa shape index (κ3) is 1.19. The number of nitrogens with one attached hydrogen (secondary N) is 1. The summed E-state index contributed by atoms with van der Waals surface area (Å²) in [6.07, 6.45) is 0. The van der Waals surface area contributed by atoms with E-state index in [2.05, 4.69) is 5.32 Å². The maximum Gasteiger partial charge on any atom is 0.290 e. The zero-order chi connectivity index (χ0) is 15.5. The number of ketones is 1. The number of hydrogen-bond donors (Lipinski definition) is 2. The van der Waals surface area contributed by atoms with E-state index < -0.39 is 22.8 Å². The quantitative estimate of drug-likeness (QED) is 0.612. The van der Waals surface area contributed by atoms with Crippen molar-refractivity contribution in [3.63, 3.8) is 0 Å². The lowest BCUT2D eigenvalue weighted by molar-refractivity contribution is -0.137. The summed E-state index contributed by atoms with van der Waals surface area (Å²) in [4.78, 5) is 24.9. The standard InChI is InChI=1S/C17H15N3O2/c1-16-12-9-5-6-10-13(12)20(18)17(16,19-15(22)14(16)21)11-7-3-2-4-8-11/h2-10H,18H2,1H3,(H,19,22)/t16-,17-/m0/s1. The molecule has 110 valence electrons. The van der Waals surface area contributed by atoms with Gasteiger partial charge in [0.25, 0.3) is 5.91 Å². The molecule has 0 radical (unpaired) electrons. The second kappa shape index (κ2) is 3.96. The van der Waals surface area contributed by atoms with E-state index in [4.69, 9.17) is 5.84 Å². The first-order chi connectivity index (χ1) is 10.5. The van der Waals surface area contributed by atoms with Crippen LogP contribution in [0, 0.1) is 0 Å². The lowest BCUT2D eigenvalue weighted by Crippen LogP contribution is -2.62. The lowest BCUT2D eigenvalue weighted by atomic mass is 9.71. The highest BCUT2D eigenvalue weighted by molar-refractivity contribution is 6.43. The number of Topliss-reactive ketones (excluding diaryl/α,β-unsaturated/α-hetero) is 1. The Hall–Kier alpha value is -2.66. The number of nitrogens with zero attached hydrogens (tertiary/aromatic N) is 1. The zero-order valence-corrected chi connectivity index (χ0v) is 12.0. The van der Waals surface area contributed by atoms with Crippen molar-refractivity contribution < 1.29 is 9.59 Å². The molecule has 5 nitrogen and oxygen atoms in total. The molecular weight excluding hydrogens is 278 g/mol. The molecule has 1 amide bonds. The summed E-state index contributed by atoms with van der Waals surface area (Å²) in [6, 6.07) is 16.8. The van der Waals surface area contributed by atoms with Crippen molar-refractivity contribution in [2.24, 2.45) is 5.84 Å². The van der Waals surface area contributed by atoms with Crippen molar-refractivity contribution in [3.05, 3.63) is 65.7 Å². The van der Waals surface area contributed by atoms with E-state index in [-0.39, 0.29) is 0 Å². The second-order valence-electron chi connectivity index (χ2n) is 5.87. The Bertz CT molecular complexity index is 805. The van der Waals surface area contributed by atoms with Gasteiger partial charge in [0.05, 0.1) is 5.69 Å². The number of amides is 1. The van der Waals surface area contributed by atoms with Gasteiger partial charge in [0.1, 0.15) is 5.41 Å². The highest BCUT2D eigenvalue weighted by Gasteiger charge is 2.70. The molecule has 3 N–H and O–H groups in total. The Morgan fingerprint density at radius 3 is 2.36 bits per heavy atom. The number of carbonyl (C=O) groups excluding carboxylic acids is 2. The number of hydrazine groups is 1. The molecule has 2 aromatic rings. The van der Waals surface area contributed by atoms with Gasteiger partial charge in [-0.3, -0.25) is 14.6 Å². The molecule has 2 atom stereocenters. The van der Waals surface area contributed by atoms with E-state index in [1.807, 2.05) is 54.6 Å². The van der Waals surface area contributed by atoms with Crippen LogP contribution >= 0.6 is 0 Å². The van der Waals surface area contributed by atoms with Crippen LogP contribution < -0.4 is 16.2 Å². The summed E-state index contributed by atoms with van der Waals surface area (Å²) in [6.45, 7) is 1.78. The van der Waals surface area contributed by atoms with Crippen molar-refractivity contribution in [2.75, 3.05) is 5.01 Å². The molecule has 0 aromatic heterocycles. The van der Waals surface area contributed by atoms with Gasteiger partial charge in [0.2, 0.25) is 5.78 Å². The van der Waals surface area contributed by atoms with Crippen LogP contribution in [0.2, 0.25) is 0 Å². The number of nitrogens with two attached hydrogens (primary N) is 1. The Labute approximate surface area is 127 Å². The molecule has 1 saturated heterocycles. The number of fused-ring (bicyclic) bond motifs is 3. The predicted octanol–water partition coefficient (Wildman–Crippen LogP) is 1.19. The topological polar surface area (TPSA) is 75.4 Å². The fourth-order valence-electron chi connectivity index (χ4n) is 3.82. The van der Waals surface area contributed by atoms with Gasteiger partial charge in [-0.2, -0.15) is 0 Å². The highest BCUT2D eigenvalue weighted by atomic mass is 16.2. The largest absolute Gasteiger partial charge is 0.320 e. The maximum atomic E-state index is 12.7. The lowest BCUT2D eigenvalue weighted by Gasteiger charge is -2.41. The number of hydrogen-bond acceptors (Lipinski definition) is 4. The van der Waals surface area contributed by atoms with Gasteiger partial charge in [0, 0.05) is 5.56 Å². The number of benzene rings is 2. The van der Waals surface area contributed by atoms with Crippen LogP contribution in [0.3, 0.4) is 0 Å². The van der Waals surface area contributed by atoms with Crippen LogP contribution in [0.1, 0.15) is 18.1 Å². The third-order valence-electron chi connectivity index (χ3n) is 4.93. The smallest absolute Gasteiger partial charge is 0.290 e. The minimum atomic E-state index is -1.09. The SMILES string of the molecule is C[C@]12C(=O)C(=O)N[C@@]1(c1ccccc1)N(N)c1ccccc12. The summed E-state index contributed by atoms with van der Waals surface area (Å²) >= 11 is 0. The number of anilines is 1. The van der Waals surface area contributed by atoms with Gasteiger partial charge in [-0.25, -0.2) is 5.84 Å². The molecule has 22 heavy (non-hydrogen) atoms. The minimum Gasteiger partial charge on any atom is -0.320 e. The molecule has 2 aromatic carbocycles. The first-order valence-electron chi connectivity index (χ1n) is 7.10. The molecule has 0 saturated carbocycles. The van der Waals surface area contributed by atoms with E-state index in [9.17, 15) is 9.59 Å². The van der Waals surface area contributed by atoms with E-state index in [0.717, 1.165) is 16.8 Å². The first kappa shape index (κ1) is 13.0. The van der Waals surface area contributed by atoms with Crippen LogP contribution in [-0.4, -0.2) is 11.7 Å². The summed E-state index contributed by atoms with van der Waals surface area (Å²) in [5, 5.41) is 4.36. The van der Waals surface area contributed by atoms with Gasteiger partial charge < -0.3 is 5.32 Å². The molecule has 0 bridgehead atoms. The van der Waals surface area contributed by atoms with Crippen LogP contribution in [0.15, 0.2) is 54.6 Å². The third-order valence-corrected chi connectivity index (χ3v) is 4.93. The minimum absolute atomic E-state index is 0.461. The van der Waals surface area contributed by atoms with Crippen LogP contribution in [0.5, 0.6) is 0 Å². The first-order valence-corrected chi connectivity index (χ1v) is 7.10. The van der Waals surface area contributed by atoms with E-state index in [1.54, 1.807) is 6.92 Å². The van der Waals surface area contributed by atoms with Gasteiger partial charge in [-0.05, 0) is 18.6 Å². The van der Waals surface area contributed by atoms with Crippen LogP contribution in [-0.2, 0) is 20.7 Å². The van der Waals surface area contributed by atoms with Crippen molar-refractivity contribution in [3.8, 4) is 0 Å². The molecule has 5 heteroatoms.